The molecule has 0 unspecified atom stereocenters. The minimum absolute atomic E-state index is 0.00194. The Morgan fingerprint density at radius 3 is 1.92 bits per heavy atom. The molecule has 0 bridgehead atoms. The van der Waals surface area contributed by atoms with Crippen LogP contribution < -0.4 is 9.86 Å². The van der Waals surface area contributed by atoms with Crippen LogP contribution in [0, 0.1) is 0 Å². The standard InChI is InChI=1S/C15H16N2O6S2/c16-24(20,21)13-8-4-12(5-9-13)17-25(22,23)14-6-1-11(2-7-14)3-10-15(18)19/h1-2,4-9,17H,3,10H2,(H,18,19)(H2,16,20,21). The third-order valence-electron chi connectivity index (χ3n) is 3.30. The Morgan fingerprint density at radius 2 is 1.44 bits per heavy atom. The number of carboxylic acids is 1. The van der Waals surface area contributed by atoms with Crippen LogP contribution >= 0.6 is 0 Å². The van der Waals surface area contributed by atoms with Gasteiger partial charge in [-0.05, 0) is 48.4 Å². The molecule has 10 heteroatoms. The van der Waals surface area contributed by atoms with Crippen LogP contribution in [0.1, 0.15) is 12.0 Å². The lowest BCUT2D eigenvalue weighted by molar-refractivity contribution is -0.136. The highest BCUT2D eigenvalue weighted by Crippen LogP contribution is 2.18. The van der Waals surface area contributed by atoms with Crippen LogP contribution in [0.25, 0.3) is 0 Å². The summed E-state index contributed by atoms with van der Waals surface area (Å²) in [6, 6.07) is 10.8. The average Bonchev–Trinajstić information content (AvgIpc) is 2.52. The molecule has 0 saturated heterocycles. The third kappa shape index (κ3) is 5.28. The van der Waals surface area contributed by atoms with Crippen molar-refractivity contribution in [1.82, 2.24) is 0 Å². The van der Waals surface area contributed by atoms with Gasteiger partial charge in [-0.3, -0.25) is 9.52 Å². The van der Waals surface area contributed by atoms with E-state index in [1.54, 1.807) is 12.1 Å². The van der Waals surface area contributed by atoms with E-state index in [-0.39, 0.29) is 21.9 Å². The van der Waals surface area contributed by atoms with Crippen molar-refractivity contribution >= 4 is 31.7 Å². The van der Waals surface area contributed by atoms with E-state index in [1.807, 2.05) is 0 Å². The van der Waals surface area contributed by atoms with Gasteiger partial charge in [-0.25, -0.2) is 22.0 Å². The number of aliphatic carboxylic acids is 1. The Balaban J connectivity index is 2.14. The van der Waals surface area contributed by atoms with Crippen molar-refractivity contribution < 1.29 is 26.7 Å². The van der Waals surface area contributed by atoms with Crippen molar-refractivity contribution in [1.29, 1.82) is 0 Å². The van der Waals surface area contributed by atoms with Gasteiger partial charge < -0.3 is 5.11 Å². The van der Waals surface area contributed by atoms with Crippen LogP contribution in [-0.2, 0) is 31.3 Å². The van der Waals surface area contributed by atoms with Crippen molar-refractivity contribution in [3.8, 4) is 0 Å². The molecular weight excluding hydrogens is 368 g/mol. The molecule has 0 heterocycles. The van der Waals surface area contributed by atoms with E-state index < -0.39 is 26.0 Å². The summed E-state index contributed by atoms with van der Waals surface area (Å²) in [4.78, 5) is 10.4. The zero-order valence-electron chi connectivity index (χ0n) is 12.9. The van der Waals surface area contributed by atoms with Gasteiger partial charge in [-0.1, -0.05) is 12.1 Å². The maximum absolute atomic E-state index is 12.3. The molecule has 8 nitrogen and oxygen atoms in total. The molecule has 0 aliphatic carbocycles. The molecule has 0 amide bonds. The van der Waals surface area contributed by atoms with E-state index >= 15 is 0 Å². The summed E-state index contributed by atoms with van der Waals surface area (Å²) in [6.07, 6.45) is 0.263. The maximum Gasteiger partial charge on any atom is 0.303 e. The van der Waals surface area contributed by atoms with Crippen molar-refractivity contribution in [3.05, 3.63) is 54.1 Å². The second kappa shape index (κ2) is 7.21. The minimum Gasteiger partial charge on any atom is -0.481 e. The van der Waals surface area contributed by atoms with Gasteiger partial charge in [0, 0.05) is 12.1 Å². The Labute approximate surface area is 145 Å². The van der Waals surface area contributed by atoms with E-state index in [0.29, 0.717) is 12.0 Å². The molecule has 0 saturated carbocycles. The van der Waals surface area contributed by atoms with Crippen molar-refractivity contribution in [2.45, 2.75) is 22.6 Å². The fourth-order valence-corrected chi connectivity index (χ4v) is 3.59. The normalized spacial score (nSPS) is 11.9. The van der Waals surface area contributed by atoms with E-state index in [9.17, 15) is 21.6 Å². The van der Waals surface area contributed by atoms with Crippen LogP contribution in [0.2, 0.25) is 0 Å². The Hall–Kier alpha value is -2.43. The smallest absolute Gasteiger partial charge is 0.303 e. The van der Waals surface area contributed by atoms with Gasteiger partial charge >= 0.3 is 5.97 Å². The minimum atomic E-state index is -3.86. The highest BCUT2D eigenvalue weighted by atomic mass is 32.2. The molecule has 0 aliphatic rings. The second-order valence-corrected chi connectivity index (χ2v) is 8.46. The van der Waals surface area contributed by atoms with Gasteiger partial charge in [0.2, 0.25) is 10.0 Å². The fraction of sp³-hybridized carbons (Fsp3) is 0.133. The summed E-state index contributed by atoms with van der Waals surface area (Å²) in [5, 5.41) is 13.6. The predicted molar refractivity (Wildman–Crippen MR) is 91.0 cm³/mol. The predicted octanol–water partition coefficient (Wildman–Crippen LogP) is 1.15. The molecule has 0 aliphatic heterocycles. The van der Waals surface area contributed by atoms with Crippen molar-refractivity contribution in [3.63, 3.8) is 0 Å². The number of carbonyl (C=O) groups is 1. The molecule has 0 fully saturated rings. The molecule has 25 heavy (non-hydrogen) atoms. The first-order chi connectivity index (χ1) is 11.6. The number of hydrogen-bond acceptors (Lipinski definition) is 5. The lowest BCUT2D eigenvalue weighted by Crippen LogP contribution is -2.14. The van der Waals surface area contributed by atoms with Crippen LogP contribution in [0.4, 0.5) is 5.69 Å². The number of hydrogen-bond donors (Lipinski definition) is 3. The van der Waals surface area contributed by atoms with Gasteiger partial charge in [0.25, 0.3) is 10.0 Å². The summed E-state index contributed by atoms with van der Waals surface area (Å²) >= 11 is 0. The number of aryl methyl sites for hydroxylation is 1. The second-order valence-electron chi connectivity index (χ2n) is 5.21. The Kier molecular flexibility index (Phi) is 5.45. The topological polar surface area (TPSA) is 144 Å². The summed E-state index contributed by atoms with van der Waals surface area (Å²) in [6.45, 7) is 0. The summed E-state index contributed by atoms with van der Waals surface area (Å²) in [5.41, 5.74) is 0.890. The molecule has 2 rings (SSSR count). The van der Waals surface area contributed by atoms with Crippen LogP contribution in [-0.4, -0.2) is 27.9 Å². The average molecular weight is 384 g/mol. The molecule has 0 spiro atoms. The van der Waals surface area contributed by atoms with Gasteiger partial charge in [0.05, 0.1) is 9.79 Å². The van der Waals surface area contributed by atoms with Gasteiger partial charge in [0.15, 0.2) is 0 Å². The zero-order chi connectivity index (χ0) is 18.7. The van der Waals surface area contributed by atoms with Crippen LogP contribution in [0.3, 0.4) is 0 Å². The van der Waals surface area contributed by atoms with Crippen molar-refractivity contribution in [2.75, 3.05) is 4.72 Å². The largest absolute Gasteiger partial charge is 0.481 e. The number of nitrogens with one attached hydrogen (secondary N) is 1. The summed E-state index contributed by atoms with van der Waals surface area (Å²) < 4.78 is 49.3. The maximum atomic E-state index is 12.3. The van der Waals surface area contributed by atoms with Gasteiger partial charge in [0.1, 0.15) is 0 Å². The number of nitrogens with two attached hydrogens (primary N) is 1. The summed E-state index contributed by atoms with van der Waals surface area (Å²) in [5.74, 6) is -0.929. The molecule has 0 atom stereocenters. The molecular formula is C15H16N2O6S2. The first-order valence-corrected chi connectivity index (χ1v) is 10.1. The number of primary sulfonamides is 1. The number of anilines is 1. The highest BCUT2D eigenvalue weighted by molar-refractivity contribution is 7.92. The SMILES string of the molecule is NS(=O)(=O)c1ccc(NS(=O)(=O)c2ccc(CCC(=O)O)cc2)cc1. The number of carboxylic acid groups (broad SMARTS) is 1. The Bertz CT molecular complexity index is 966. The van der Waals surface area contributed by atoms with Crippen LogP contribution in [0.15, 0.2) is 58.3 Å². The van der Waals surface area contributed by atoms with E-state index in [4.69, 9.17) is 10.2 Å². The van der Waals surface area contributed by atoms with E-state index in [1.165, 1.54) is 36.4 Å². The first kappa shape index (κ1) is 18.9. The molecule has 0 radical (unpaired) electrons. The van der Waals surface area contributed by atoms with E-state index in [2.05, 4.69) is 4.72 Å². The fourth-order valence-electron chi connectivity index (χ4n) is 2.01. The lowest BCUT2D eigenvalue weighted by atomic mass is 10.1. The molecule has 134 valence electrons. The molecule has 4 N–H and O–H groups in total. The quantitative estimate of drug-likeness (QED) is 0.653. The monoisotopic (exact) mass is 384 g/mol. The van der Waals surface area contributed by atoms with E-state index in [0.717, 1.165) is 0 Å². The number of rotatable bonds is 7. The molecule has 0 aromatic heterocycles. The number of benzene rings is 2. The summed E-state index contributed by atoms with van der Waals surface area (Å²) in [7, 11) is -7.71. The van der Waals surface area contributed by atoms with Gasteiger partial charge in [-0.2, -0.15) is 0 Å². The van der Waals surface area contributed by atoms with Gasteiger partial charge in [-0.15, -0.1) is 0 Å². The highest BCUT2D eigenvalue weighted by Gasteiger charge is 2.15. The zero-order valence-corrected chi connectivity index (χ0v) is 14.5. The van der Waals surface area contributed by atoms with Crippen LogP contribution in [0.5, 0.6) is 0 Å². The van der Waals surface area contributed by atoms with Crippen molar-refractivity contribution in [2.24, 2.45) is 5.14 Å². The Morgan fingerprint density at radius 1 is 0.920 bits per heavy atom. The number of sulfonamides is 2. The first-order valence-electron chi connectivity index (χ1n) is 7.04. The third-order valence-corrected chi connectivity index (χ3v) is 5.62. The lowest BCUT2D eigenvalue weighted by Gasteiger charge is -2.09. The molecule has 2 aromatic rings. The molecule has 2 aromatic carbocycles.